The minimum atomic E-state index is 0.318. The van der Waals surface area contributed by atoms with Crippen molar-refractivity contribution < 1.29 is 4.74 Å². The highest BCUT2D eigenvalue weighted by atomic mass is 16.5. The zero-order valence-corrected chi connectivity index (χ0v) is 11.5. The first-order valence-corrected chi connectivity index (χ1v) is 6.21. The summed E-state index contributed by atoms with van der Waals surface area (Å²) in [5.41, 5.74) is 1.19. The molecule has 0 bridgehead atoms. The van der Waals surface area contributed by atoms with E-state index in [9.17, 15) is 0 Å². The summed E-state index contributed by atoms with van der Waals surface area (Å²) < 4.78 is 5.11. The van der Waals surface area contributed by atoms with Crippen molar-refractivity contribution in [2.45, 2.75) is 13.0 Å². The molecule has 1 heterocycles. The van der Waals surface area contributed by atoms with E-state index in [4.69, 9.17) is 4.74 Å². The lowest BCUT2D eigenvalue weighted by Crippen LogP contribution is -2.28. The van der Waals surface area contributed by atoms with Crippen LogP contribution in [0.2, 0.25) is 0 Å². The minimum absolute atomic E-state index is 0.318. The van der Waals surface area contributed by atoms with E-state index in [1.807, 2.05) is 25.4 Å². The van der Waals surface area contributed by atoms with Gasteiger partial charge in [0.15, 0.2) is 0 Å². The summed E-state index contributed by atoms with van der Waals surface area (Å²) in [5, 5.41) is 3.20. The van der Waals surface area contributed by atoms with Crippen LogP contribution in [0.1, 0.15) is 18.5 Å². The number of aromatic nitrogens is 1. The number of hydrogen-bond donors (Lipinski definition) is 1. The molecule has 1 aromatic rings. The summed E-state index contributed by atoms with van der Waals surface area (Å²) in [7, 11) is 3.65. The number of methoxy groups -OCH3 is 1. The maximum atomic E-state index is 5.11. The normalized spacial score (nSPS) is 12.2. The number of rotatable bonds is 8. The van der Waals surface area contributed by atoms with Crippen LogP contribution >= 0.6 is 0 Å². The van der Waals surface area contributed by atoms with Gasteiger partial charge in [0.25, 0.3) is 0 Å². The topological polar surface area (TPSA) is 37.4 Å². The fourth-order valence-electron chi connectivity index (χ4n) is 1.66. The lowest BCUT2D eigenvalue weighted by molar-refractivity contribution is 0.205. The van der Waals surface area contributed by atoms with Gasteiger partial charge in [-0.2, -0.15) is 0 Å². The Morgan fingerprint density at radius 1 is 1.56 bits per heavy atom. The van der Waals surface area contributed by atoms with Gasteiger partial charge in [0, 0.05) is 32.4 Å². The Balaban J connectivity index is 2.76. The van der Waals surface area contributed by atoms with Crippen LogP contribution in [0.4, 0.5) is 5.82 Å². The number of pyridine rings is 1. The van der Waals surface area contributed by atoms with Gasteiger partial charge in [-0.3, -0.25) is 0 Å². The number of nitrogens with zero attached hydrogens (tertiary/aromatic N) is 2. The summed E-state index contributed by atoms with van der Waals surface area (Å²) in [5.74, 6) is 0.957. The third-order valence-electron chi connectivity index (χ3n) is 2.94. The van der Waals surface area contributed by atoms with Gasteiger partial charge in [-0.1, -0.05) is 12.1 Å². The summed E-state index contributed by atoms with van der Waals surface area (Å²) in [4.78, 5) is 6.65. The summed E-state index contributed by atoms with van der Waals surface area (Å²) in [6.45, 7) is 8.16. The molecule has 0 aromatic carbocycles. The largest absolute Gasteiger partial charge is 0.383 e. The molecule has 18 heavy (non-hydrogen) atoms. The molecule has 0 aliphatic heterocycles. The first-order chi connectivity index (χ1) is 8.72. The van der Waals surface area contributed by atoms with Gasteiger partial charge < -0.3 is 15.0 Å². The number of ether oxygens (including phenoxy) is 1. The van der Waals surface area contributed by atoms with Crippen LogP contribution in [0.15, 0.2) is 31.0 Å². The van der Waals surface area contributed by atoms with Crippen molar-refractivity contribution in [1.29, 1.82) is 0 Å². The van der Waals surface area contributed by atoms with Crippen molar-refractivity contribution >= 4 is 5.82 Å². The molecule has 0 saturated carbocycles. The fraction of sp³-hybridized carbons (Fsp3) is 0.500. The van der Waals surface area contributed by atoms with Gasteiger partial charge in [0.2, 0.25) is 0 Å². The van der Waals surface area contributed by atoms with E-state index in [2.05, 4.69) is 34.8 Å². The number of hydrogen-bond acceptors (Lipinski definition) is 4. The number of nitrogens with one attached hydrogen (secondary N) is 1. The molecule has 0 fully saturated rings. The predicted octanol–water partition coefficient (Wildman–Crippen LogP) is 2.00. The molecule has 1 N–H and O–H groups in total. The van der Waals surface area contributed by atoms with E-state index in [0.29, 0.717) is 12.6 Å². The third-order valence-corrected chi connectivity index (χ3v) is 2.94. The maximum absolute atomic E-state index is 5.11. The average Bonchev–Trinajstić information content (AvgIpc) is 2.43. The van der Waals surface area contributed by atoms with E-state index in [0.717, 1.165) is 18.9 Å². The molecule has 0 aliphatic carbocycles. The van der Waals surface area contributed by atoms with Crippen LogP contribution in [0.25, 0.3) is 0 Å². The van der Waals surface area contributed by atoms with Gasteiger partial charge >= 0.3 is 0 Å². The Morgan fingerprint density at radius 2 is 2.33 bits per heavy atom. The van der Waals surface area contributed by atoms with Crippen molar-refractivity contribution in [1.82, 2.24) is 10.3 Å². The molecule has 0 saturated heterocycles. The Labute approximate surface area is 110 Å². The molecule has 0 spiro atoms. The van der Waals surface area contributed by atoms with Gasteiger partial charge in [0.05, 0.1) is 6.61 Å². The average molecular weight is 249 g/mol. The zero-order valence-electron chi connectivity index (χ0n) is 11.5. The van der Waals surface area contributed by atoms with Gasteiger partial charge in [-0.25, -0.2) is 4.98 Å². The monoisotopic (exact) mass is 249 g/mol. The van der Waals surface area contributed by atoms with Crippen molar-refractivity contribution in [3.8, 4) is 0 Å². The van der Waals surface area contributed by atoms with Crippen LogP contribution in [0.5, 0.6) is 0 Å². The lowest BCUT2D eigenvalue weighted by atomic mass is 10.1. The van der Waals surface area contributed by atoms with Crippen LogP contribution in [-0.4, -0.2) is 38.8 Å². The third kappa shape index (κ3) is 4.13. The minimum Gasteiger partial charge on any atom is -0.383 e. The van der Waals surface area contributed by atoms with Crippen molar-refractivity contribution in [3.63, 3.8) is 0 Å². The van der Waals surface area contributed by atoms with Crippen molar-refractivity contribution in [2.24, 2.45) is 0 Å². The standard InChI is InChI=1S/C14H23N3O/c1-5-8-17(9-10-18-4)14-7-6-13(11-16-14)12(2)15-3/h5-7,11-12,15H,1,8-10H2,2-4H3. The summed E-state index contributed by atoms with van der Waals surface area (Å²) >= 11 is 0. The van der Waals surface area contributed by atoms with E-state index in [1.165, 1.54) is 5.56 Å². The van der Waals surface area contributed by atoms with E-state index >= 15 is 0 Å². The first kappa shape index (κ1) is 14.7. The van der Waals surface area contributed by atoms with Crippen LogP contribution < -0.4 is 10.2 Å². The van der Waals surface area contributed by atoms with Crippen LogP contribution in [-0.2, 0) is 4.74 Å². The van der Waals surface area contributed by atoms with Crippen molar-refractivity contribution in [2.75, 3.05) is 38.8 Å². The molecule has 100 valence electrons. The van der Waals surface area contributed by atoms with E-state index in [-0.39, 0.29) is 0 Å². The van der Waals surface area contributed by atoms with E-state index in [1.54, 1.807) is 7.11 Å². The summed E-state index contributed by atoms with van der Waals surface area (Å²) in [6, 6.07) is 4.47. The first-order valence-electron chi connectivity index (χ1n) is 6.21. The smallest absolute Gasteiger partial charge is 0.128 e. The molecule has 1 atom stereocenters. The van der Waals surface area contributed by atoms with Gasteiger partial charge in [-0.05, 0) is 25.6 Å². The van der Waals surface area contributed by atoms with Crippen LogP contribution in [0.3, 0.4) is 0 Å². The SMILES string of the molecule is C=CCN(CCOC)c1ccc(C(C)NC)cn1. The molecular formula is C14H23N3O. The molecule has 1 rings (SSSR count). The molecule has 4 heteroatoms. The second kappa shape index (κ2) is 7.84. The van der Waals surface area contributed by atoms with Crippen molar-refractivity contribution in [3.05, 3.63) is 36.5 Å². The highest BCUT2D eigenvalue weighted by Gasteiger charge is 2.07. The van der Waals surface area contributed by atoms with Gasteiger partial charge in [-0.15, -0.1) is 6.58 Å². The molecular weight excluding hydrogens is 226 g/mol. The molecule has 1 unspecified atom stereocenters. The Bertz CT molecular complexity index is 351. The Morgan fingerprint density at radius 3 is 2.83 bits per heavy atom. The van der Waals surface area contributed by atoms with Gasteiger partial charge in [0.1, 0.15) is 5.82 Å². The fourth-order valence-corrected chi connectivity index (χ4v) is 1.66. The molecule has 0 aliphatic rings. The lowest BCUT2D eigenvalue weighted by Gasteiger charge is -2.22. The highest BCUT2D eigenvalue weighted by Crippen LogP contribution is 2.15. The molecule has 0 radical (unpaired) electrons. The zero-order chi connectivity index (χ0) is 13.4. The quantitative estimate of drug-likeness (QED) is 0.715. The molecule has 0 amide bonds. The maximum Gasteiger partial charge on any atom is 0.128 e. The predicted molar refractivity (Wildman–Crippen MR) is 76.0 cm³/mol. The Hall–Kier alpha value is -1.39. The van der Waals surface area contributed by atoms with Crippen LogP contribution in [0, 0.1) is 0 Å². The molecule has 1 aromatic heterocycles. The number of anilines is 1. The second-order valence-electron chi connectivity index (χ2n) is 4.19. The summed E-state index contributed by atoms with van der Waals surface area (Å²) in [6.07, 6.45) is 3.79. The Kier molecular flexibility index (Phi) is 6.39. The molecule has 4 nitrogen and oxygen atoms in total. The van der Waals surface area contributed by atoms with E-state index < -0.39 is 0 Å². The highest BCUT2D eigenvalue weighted by molar-refractivity contribution is 5.40. The second-order valence-corrected chi connectivity index (χ2v) is 4.19.